The predicted molar refractivity (Wildman–Crippen MR) is 93.4 cm³/mol. The van der Waals surface area contributed by atoms with Crippen molar-refractivity contribution < 1.29 is 9.90 Å². The number of benzene rings is 1. The van der Waals surface area contributed by atoms with Gasteiger partial charge in [-0.1, -0.05) is 0 Å². The van der Waals surface area contributed by atoms with Gasteiger partial charge in [0.2, 0.25) is 0 Å². The Morgan fingerprint density at radius 3 is 2.72 bits per heavy atom. The summed E-state index contributed by atoms with van der Waals surface area (Å²) >= 11 is 0. The smallest absolute Gasteiger partial charge is 0.338 e. The summed E-state index contributed by atoms with van der Waals surface area (Å²) in [5.41, 5.74) is 4.49. The number of likely N-dealkylation sites (tertiary alicyclic amines) is 1. The van der Waals surface area contributed by atoms with Crippen LogP contribution in [0.1, 0.15) is 51.5 Å². The molecule has 1 aliphatic heterocycles. The number of hydrogen-bond donors (Lipinski definition) is 1. The summed E-state index contributed by atoms with van der Waals surface area (Å²) in [6, 6.07) is 6.28. The van der Waals surface area contributed by atoms with Crippen LogP contribution in [-0.4, -0.2) is 38.8 Å². The molecule has 1 unspecified atom stereocenters. The standard InChI is InChI=1S/C19H22N4O2/c1-13-6-15(8-20)7-14(2)18(13)12-22-5-3-4-17(11-22)23-10-16(9-21-23)19(24)25/h6-7,9-10,17H,3-5,11-12H2,1-2H3,(H,24,25). The van der Waals surface area contributed by atoms with Gasteiger partial charge < -0.3 is 5.11 Å². The third-order valence-electron chi connectivity index (χ3n) is 4.91. The Bertz CT molecular complexity index is 811. The molecule has 0 radical (unpaired) electrons. The Morgan fingerprint density at radius 1 is 1.40 bits per heavy atom. The molecule has 1 atom stereocenters. The molecular weight excluding hydrogens is 316 g/mol. The lowest BCUT2D eigenvalue weighted by molar-refractivity contribution is 0.0696. The number of nitriles is 1. The molecule has 2 aromatic rings. The third-order valence-corrected chi connectivity index (χ3v) is 4.91. The largest absolute Gasteiger partial charge is 0.478 e. The van der Waals surface area contributed by atoms with E-state index in [0.29, 0.717) is 5.56 Å². The van der Waals surface area contributed by atoms with Crippen LogP contribution in [-0.2, 0) is 6.54 Å². The van der Waals surface area contributed by atoms with Gasteiger partial charge in [0.25, 0.3) is 0 Å². The van der Waals surface area contributed by atoms with E-state index in [2.05, 4.69) is 29.9 Å². The van der Waals surface area contributed by atoms with Crippen LogP contribution in [0.5, 0.6) is 0 Å². The van der Waals surface area contributed by atoms with Crippen LogP contribution in [0.3, 0.4) is 0 Å². The number of carbonyl (C=O) groups is 1. The van der Waals surface area contributed by atoms with Crippen LogP contribution in [0.25, 0.3) is 0 Å². The second-order valence-electron chi connectivity index (χ2n) is 6.75. The molecule has 25 heavy (non-hydrogen) atoms. The Labute approximate surface area is 147 Å². The molecule has 0 saturated carbocycles. The highest BCUT2D eigenvalue weighted by Gasteiger charge is 2.23. The predicted octanol–water partition coefficient (Wildman–Crippen LogP) is 2.91. The van der Waals surface area contributed by atoms with E-state index in [1.807, 2.05) is 12.1 Å². The van der Waals surface area contributed by atoms with Crippen molar-refractivity contribution in [2.24, 2.45) is 0 Å². The van der Waals surface area contributed by atoms with Gasteiger partial charge in [-0.3, -0.25) is 9.58 Å². The quantitative estimate of drug-likeness (QED) is 0.927. The van der Waals surface area contributed by atoms with E-state index < -0.39 is 5.97 Å². The molecule has 6 heteroatoms. The SMILES string of the molecule is Cc1cc(C#N)cc(C)c1CN1CCCC(n2cc(C(=O)O)cn2)C1. The number of carboxylic acid groups (broad SMARTS) is 1. The molecule has 1 aliphatic rings. The minimum atomic E-state index is -0.942. The molecule has 0 amide bonds. The maximum Gasteiger partial charge on any atom is 0.338 e. The first-order valence-electron chi connectivity index (χ1n) is 8.48. The van der Waals surface area contributed by atoms with Crippen molar-refractivity contribution in [3.63, 3.8) is 0 Å². The number of hydrogen-bond acceptors (Lipinski definition) is 4. The summed E-state index contributed by atoms with van der Waals surface area (Å²) in [6.07, 6.45) is 5.09. The van der Waals surface area contributed by atoms with Crippen molar-refractivity contribution in [3.05, 3.63) is 52.3 Å². The highest BCUT2D eigenvalue weighted by molar-refractivity contribution is 5.86. The fourth-order valence-corrected chi connectivity index (χ4v) is 3.57. The Hall–Kier alpha value is -2.65. The zero-order valence-electron chi connectivity index (χ0n) is 14.6. The summed E-state index contributed by atoms with van der Waals surface area (Å²) in [7, 11) is 0. The average molecular weight is 338 g/mol. The zero-order valence-corrected chi connectivity index (χ0v) is 14.6. The second kappa shape index (κ2) is 7.08. The summed E-state index contributed by atoms with van der Waals surface area (Å²) in [4.78, 5) is 13.4. The van der Waals surface area contributed by atoms with Crippen molar-refractivity contribution in [1.29, 1.82) is 5.26 Å². The van der Waals surface area contributed by atoms with E-state index in [-0.39, 0.29) is 11.6 Å². The summed E-state index contributed by atoms with van der Waals surface area (Å²) < 4.78 is 1.79. The van der Waals surface area contributed by atoms with Crippen molar-refractivity contribution in [2.45, 2.75) is 39.3 Å². The number of rotatable bonds is 4. The minimum Gasteiger partial charge on any atom is -0.478 e. The van der Waals surface area contributed by atoms with Gasteiger partial charge in [0.15, 0.2) is 0 Å². The first-order valence-corrected chi connectivity index (χ1v) is 8.48. The molecule has 2 heterocycles. The fourth-order valence-electron chi connectivity index (χ4n) is 3.57. The van der Waals surface area contributed by atoms with Gasteiger partial charge in [-0.05, 0) is 62.1 Å². The van der Waals surface area contributed by atoms with Gasteiger partial charge in [0, 0.05) is 19.3 Å². The van der Waals surface area contributed by atoms with Crippen molar-refractivity contribution in [2.75, 3.05) is 13.1 Å². The van der Waals surface area contributed by atoms with Gasteiger partial charge in [0.05, 0.1) is 29.4 Å². The molecule has 130 valence electrons. The topological polar surface area (TPSA) is 82.2 Å². The number of piperidine rings is 1. The van der Waals surface area contributed by atoms with E-state index >= 15 is 0 Å². The normalized spacial score (nSPS) is 18.0. The highest BCUT2D eigenvalue weighted by atomic mass is 16.4. The molecule has 6 nitrogen and oxygen atoms in total. The first kappa shape index (κ1) is 17.2. The second-order valence-corrected chi connectivity index (χ2v) is 6.75. The zero-order chi connectivity index (χ0) is 18.0. The Balaban J connectivity index is 1.74. The maximum atomic E-state index is 11.0. The number of aromatic nitrogens is 2. The molecule has 1 N–H and O–H groups in total. The lowest BCUT2D eigenvalue weighted by Gasteiger charge is -2.33. The van der Waals surface area contributed by atoms with E-state index in [0.717, 1.165) is 43.6 Å². The Morgan fingerprint density at radius 2 is 2.12 bits per heavy atom. The van der Waals surface area contributed by atoms with E-state index in [1.165, 1.54) is 11.8 Å². The molecule has 0 bridgehead atoms. The first-order chi connectivity index (χ1) is 12.0. The molecule has 0 aliphatic carbocycles. The van der Waals surface area contributed by atoms with E-state index in [1.54, 1.807) is 10.9 Å². The van der Waals surface area contributed by atoms with Crippen LogP contribution in [0.15, 0.2) is 24.5 Å². The molecule has 1 fully saturated rings. The molecule has 1 aromatic heterocycles. The van der Waals surface area contributed by atoms with Crippen LogP contribution in [0.2, 0.25) is 0 Å². The van der Waals surface area contributed by atoms with E-state index in [4.69, 9.17) is 10.4 Å². The van der Waals surface area contributed by atoms with Crippen molar-refractivity contribution in [3.8, 4) is 6.07 Å². The monoisotopic (exact) mass is 338 g/mol. The molecule has 0 spiro atoms. The summed E-state index contributed by atoms with van der Waals surface area (Å²) in [5, 5.41) is 22.4. The molecule has 1 saturated heterocycles. The molecule has 3 rings (SSSR count). The van der Waals surface area contributed by atoms with Crippen molar-refractivity contribution in [1.82, 2.24) is 14.7 Å². The molecular formula is C19H22N4O2. The maximum absolute atomic E-state index is 11.0. The van der Waals surface area contributed by atoms with Gasteiger partial charge in [-0.2, -0.15) is 10.4 Å². The summed E-state index contributed by atoms with van der Waals surface area (Å²) in [5.74, 6) is -0.942. The van der Waals surface area contributed by atoms with Crippen LogP contribution in [0.4, 0.5) is 0 Å². The van der Waals surface area contributed by atoms with Gasteiger partial charge in [0.1, 0.15) is 0 Å². The fraction of sp³-hybridized carbons (Fsp3) is 0.421. The lowest BCUT2D eigenvalue weighted by Crippen LogP contribution is -2.36. The summed E-state index contributed by atoms with van der Waals surface area (Å²) in [6.45, 7) is 6.81. The Kier molecular flexibility index (Phi) is 4.86. The van der Waals surface area contributed by atoms with E-state index in [9.17, 15) is 4.79 Å². The number of carboxylic acids is 1. The van der Waals surface area contributed by atoms with Crippen LogP contribution in [0, 0.1) is 25.2 Å². The van der Waals surface area contributed by atoms with Gasteiger partial charge >= 0.3 is 5.97 Å². The highest BCUT2D eigenvalue weighted by Crippen LogP contribution is 2.25. The van der Waals surface area contributed by atoms with Crippen LogP contribution >= 0.6 is 0 Å². The van der Waals surface area contributed by atoms with Crippen molar-refractivity contribution >= 4 is 5.97 Å². The van der Waals surface area contributed by atoms with Gasteiger partial charge in [-0.15, -0.1) is 0 Å². The average Bonchev–Trinajstić information content (AvgIpc) is 3.08. The number of nitrogens with zero attached hydrogens (tertiary/aromatic N) is 4. The minimum absolute atomic E-state index is 0.195. The lowest BCUT2D eigenvalue weighted by atomic mass is 9.98. The van der Waals surface area contributed by atoms with Gasteiger partial charge in [-0.25, -0.2) is 4.79 Å². The third kappa shape index (κ3) is 3.72. The van der Waals surface area contributed by atoms with Crippen LogP contribution < -0.4 is 0 Å². The molecule has 1 aromatic carbocycles. The number of aromatic carboxylic acids is 1. The number of aryl methyl sites for hydroxylation is 2.